The Hall–Kier alpha value is -2.57. The summed E-state index contributed by atoms with van der Waals surface area (Å²) in [5.41, 5.74) is 2.14. The molecule has 0 bridgehead atoms. The number of carbonyl (C=O) groups is 3. The number of benzene rings is 1. The van der Waals surface area contributed by atoms with Crippen LogP contribution in [0.15, 0.2) is 18.2 Å². The predicted molar refractivity (Wildman–Crippen MR) is 144 cm³/mol. The summed E-state index contributed by atoms with van der Waals surface area (Å²) in [6, 6.07) is 4.39. The first-order valence-corrected chi connectivity index (χ1v) is 13.5. The Balaban J connectivity index is 2.45. The van der Waals surface area contributed by atoms with Gasteiger partial charge in [-0.3, -0.25) is 9.59 Å². The van der Waals surface area contributed by atoms with Gasteiger partial charge in [-0.15, -0.1) is 0 Å². The Morgan fingerprint density at radius 2 is 1.69 bits per heavy atom. The average Bonchev–Trinajstić information content (AvgIpc) is 3.58. The number of carbonyl (C=O) groups excluding carboxylic acids is 3. The van der Waals surface area contributed by atoms with Crippen molar-refractivity contribution < 1.29 is 19.1 Å². The number of unbranched alkanes of at least 4 members (excludes halogenated alkanes) is 2. The molecular weight excluding hydrogens is 454 g/mol. The molecule has 1 aliphatic carbocycles. The molecule has 1 aromatic carbocycles. The molecule has 0 heterocycles. The summed E-state index contributed by atoms with van der Waals surface area (Å²) in [4.78, 5) is 42.3. The molecule has 202 valence electrons. The van der Waals surface area contributed by atoms with Gasteiger partial charge in [0, 0.05) is 12.6 Å². The molecule has 1 saturated carbocycles. The number of hydrogen-bond donors (Lipinski definition) is 2. The summed E-state index contributed by atoms with van der Waals surface area (Å²) in [5.74, 6) is -0.228. The van der Waals surface area contributed by atoms with E-state index >= 15 is 0 Å². The molecule has 7 heteroatoms. The molecule has 0 aliphatic heterocycles. The number of nitrogens with one attached hydrogen (secondary N) is 2. The summed E-state index contributed by atoms with van der Waals surface area (Å²) < 4.78 is 5.46. The van der Waals surface area contributed by atoms with Crippen molar-refractivity contribution in [2.75, 3.05) is 6.54 Å². The number of nitrogens with zero attached hydrogens (tertiary/aromatic N) is 1. The zero-order valence-electron chi connectivity index (χ0n) is 23.6. The molecule has 7 nitrogen and oxygen atoms in total. The Kier molecular flexibility index (Phi) is 10.8. The lowest BCUT2D eigenvalue weighted by Gasteiger charge is -2.36. The molecule has 2 rings (SSSR count). The van der Waals surface area contributed by atoms with Gasteiger partial charge >= 0.3 is 6.09 Å². The van der Waals surface area contributed by atoms with E-state index in [-0.39, 0.29) is 23.8 Å². The Morgan fingerprint density at radius 3 is 2.19 bits per heavy atom. The van der Waals surface area contributed by atoms with E-state index in [0.29, 0.717) is 13.0 Å². The van der Waals surface area contributed by atoms with Crippen LogP contribution in [0, 0.1) is 19.8 Å². The smallest absolute Gasteiger partial charge is 0.408 e. The fraction of sp³-hybridized carbons (Fsp3) is 0.690. The fourth-order valence-corrected chi connectivity index (χ4v) is 4.53. The summed E-state index contributed by atoms with van der Waals surface area (Å²) >= 11 is 0. The largest absolute Gasteiger partial charge is 0.444 e. The second-order valence-corrected chi connectivity index (χ2v) is 11.5. The van der Waals surface area contributed by atoms with Crippen LogP contribution in [0.2, 0.25) is 0 Å². The molecule has 0 spiro atoms. The molecule has 2 unspecified atom stereocenters. The van der Waals surface area contributed by atoms with Gasteiger partial charge in [-0.1, -0.05) is 51.8 Å². The first kappa shape index (κ1) is 29.7. The number of hydrogen-bond acceptors (Lipinski definition) is 4. The minimum absolute atomic E-state index is 0.0296. The molecule has 36 heavy (non-hydrogen) atoms. The normalized spacial score (nSPS) is 15.2. The highest BCUT2D eigenvalue weighted by molar-refractivity contribution is 5.93. The zero-order valence-corrected chi connectivity index (χ0v) is 23.6. The molecule has 0 saturated heterocycles. The van der Waals surface area contributed by atoms with Crippen molar-refractivity contribution in [2.45, 2.75) is 118 Å². The first-order valence-electron chi connectivity index (χ1n) is 13.5. The van der Waals surface area contributed by atoms with Crippen LogP contribution in [0.4, 0.5) is 4.79 Å². The van der Waals surface area contributed by atoms with Crippen molar-refractivity contribution in [1.82, 2.24) is 15.5 Å². The summed E-state index contributed by atoms with van der Waals surface area (Å²) in [6.45, 7) is 16.1. The van der Waals surface area contributed by atoms with Crippen LogP contribution < -0.4 is 10.6 Å². The number of ether oxygens (including phenoxy) is 1. The molecule has 3 amide bonds. The minimum atomic E-state index is -0.778. The van der Waals surface area contributed by atoms with Crippen LogP contribution in [-0.2, 0) is 14.3 Å². The summed E-state index contributed by atoms with van der Waals surface area (Å²) in [6.07, 6.45) is 4.53. The second kappa shape index (κ2) is 13.1. The van der Waals surface area contributed by atoms with Crippen molar-refractivity contribution in [3.8, 4) is 0 Å². The number of alkyl carbamates (subject to hydrolysis) is 1. The minimum Gasteiger partial charge on any atom is -0.444 e. The molecule has 1 aliphatic rings. The van der Waals surface area contributed by atoms with Crippen LogP contribution in [-0.4, -0.2) is 47.0 Å². The SMILES string of the molecule is CCCCCNC(=O)C(c1c(C)cccc1C)N(C(=O)C(CC(C)C)NC(=O)OC(C)(C)C)C1CC1. The van der Waals surface area contributed by atoms with Crippen LogP contribution >= 0.6 is 0 Å². The topological polar surface area (TPSA) is 87.7 Å². The molecular formula is C29H47N3O4. The van der Waals surface area contributed by atoms with Crippen LogP contribution in [0.25, 0.3) is 0 Å². The summed E-state index contributed by atoms with van der Waals surface area (Å²) in [7, 11) is 0. The van der Waals surface area contributed by atoms with Gasteiger partial charge in [0.05, 0.1) is 0 Å². The Morgan fingerprint density at radius 1 is 1.08 bits per heavy atom. The third kappa shape index (κ3) is 8.82. The van der Waals surface area contributed by atoms with Crippen molar-refractivity contribution in [2.24, 2.45) is 5.92 Å². The van der Waals surface area contributed by atoms with Crippen molar-refractivity contribution >= 4 is 17.9 Å². The summed E-state index contributed by atoms with van der Waals surface area (Å²) in [5, 5.41) is 5.91. The van der Waals surface area contributed by atoms with Crippen LogP contribution in [0.1, 0.15) is 103 Å². The predicted octanol–water partition coefficient (Wildman–Crippen LogP) is 5.58. The number of amides is 3. The maximum Gasteiger partial charge on any atom is 0.408 e. The van der Waals surface area contributed by atoms with E-state index in [9.17, 15) is 14.4 Å². The molecule has 0 radical (unpaired) electrons. The maximum absolute atomic E-state index is 14.2. The lowest BCUT2D eigenvalue weighted by molar-refractivity contribution is -0.143. The van der Waals surface area contributed by atoms with Crippen molar-refractivity contribution in [3.05, 3.63) is 34.9 Å². The van der Waals surface area contributed by atoms with E-state index in [1.165, 1.54) is 0 Å². The molecule has 0 aromatic heterocycles. The molecule has 1 fully saturated rings. The second-order valence-electron chi connectivity index (χ2n) is 11.5. The fourth-order valence-electron chi connectivity index (χ4n) is 4.53. The van der Waals surface area contributed by atoms with Gasteiger partial charge in [0.25, 0.3) is 0 Å². The van der Waals surface area contributed by atoms with Crippen LogP contribution in [0.5, 0.6) is 0 Å². The van der Waals surface area contributed by atoms with Crippen molar-refractivity contribution in [3.63, 3.8) is 0 Å². The first-order chi connectivity index (χ1) is 16.9. The highest BCUT2D eigenvalue weighted by atomic mass is 16.6. The van der Waals surface area contributed by atoms with Gasteiger partial charge in [0.2, 0.25) is 11.8 Å². The number of aryl methyl sites for hydroxylation is 2. The van der Waals surface area contributed by atoms with E-state index in [2.05, 4.69) is 17.6 Å². The molecule has 1 aromatic rings. The third-order valence-electron chi connectivity index (χ3n) is 6.31. The van der Waals surface area contributed by atoms with Gasteiger partial charge in [-0.25, -0.2) is 4.79 Å². The Labute approximate surface area is 217 Å². The molecule has 2 N–H and O–H groups in total. The highest BCUT2D eigenvalue weighted by Crippen LogP contribution is 2.38. The van der Waals surface area contributed by atoms with E-state index in [4.69, 9.17) is 4.74 Å². The average molecular weight is 502 g/mol. The van der Waals surface area contributed by atoms with Gasteiger partial charge < -0.3 is 20.3 Å². The van der Waals surface area contributed by atoms with E-state index in [1.54, 1.807) is 25.7 Å². The van der Waals surface area contributed by atoms with Gasteiger partial charge in [0.15, 0.2) is 0 Å². The Bertz CT molecular complexity index is 882. The van der Waals surface area contributed by atoms with Crippen LogP contribution in [0.3, 0.4) is 0 Å². The monoisotopic (exact) mass is 501 g/mol. The van der Waals surface area contributed by atoms with Gasteiger partial charge in [-0.2, -0.15) is 0 Å². The van der Waals surface area contributed by atoms with Gasteiger partial charge in [-0.05, 0) is 82.9 Å². The lowest BCUT2D eigenvalue weighted by atomic mass is 9.92. The lowest BCUT2D eigenvalue weighted by Crippen LogP contribution is -2.54. The van der Waals surface area contributed by atoms with Crippen molar-refractivity contribution in [1.29, 1.82) is 0 Å². The third-order valence-corrected chi connectivity index (χ3v) is 6.31. The van der Waals surface area contributed by atoms with Gasteiger partial charge in [0.1, 0.15) is 17.7 Å². The standard InChI is InChI=1S/C29H47N3O4/c1-9-10-11-17-30-26(33)25(24-20(4)13-12-14-21(24)5)32(22-15-16-22)27(34)23(18-19(2)3)31-28(35)36-29(6,7)8/h12-14,19,22-23,25H,9-11,15-18H2,1-8H3,(H,30,33)(H,31,35). The zero-order chi connectivity index (χ0) is 27.0. The van der Waals surface area contributed by atoms with E-state index in [0.717, 1.165) is 48.8 Å². The maximum atomic E-state index is 14.2. The quantitative estimate of drug-likeness (QED) is 0.366. The van der Waals surface area contributed by atoms with E-state index < -0.39 is 23.8 Å². The van der Waals surface area contributed by atoms with E-state index in [1.807, 2.05) is 45.9 Å². The highest BCUT2D eigenvalue weighted by Gasteiger charge is 2.44. The number of rotatable bonds is 12. The molecule has 2 atom stereocenters.